The normalized spacial score (nSPS) is 17.3. The van der Waals surface area contributed by atoms with Gasteiger partial charge in [-0.3, -0.25) is 9.10 Å². The second-order valence-electron chi connectivity index (χ2n) is 6.64. The zero-order chi connectivity index (χ0) is 19.4. The van der Waals surface area contributed by atoms with Gasteiger partial charge in [0.1, 0.15) is 5.82 Å². The van der Waals surface area contributed by atoms with Crippen LogP contribution >= 0.6 is 0 Å². The maximum Gasteiger partial charge on any atom is 0.235 e. The van der Waals surface area contributed by atoms with Crippen molar-refractivity contribution < 1.29 is 17.6 Å². The molecule has 1 saturated heterocycles. The summed E-state index contributed by atoms with van der Waals surface area (Å²) >= 11 is 0. The van der Waals surface area contributed by atoms with Crippen molar-refractivity contribution in [2.75, 3.05) is 21.9 Å². The molecule has 1 heterocycles. The van der Waals surface area contributed by atoms with Crippen molar-refractivity contribution in [2.24, 2.45) is 0 Å². The Hall–Kier alpha value is -2.41. The predicted octanol–water partition coefficient (Wildman–Crippen LogP) is 3.89. The van der Waals surface area contributed by atoms with Gasteiger partial charge in [0, 0.05) is 12.2 Å². The molecule has 1 unspecified atom stereocenters. The van der Waals surface area contributed by atoms with Crippen molar-refractivity contribution in [3.8, 4) is 0 Å². The molecule has 1 aliphatic heterocycles. The lowest BCUT2D eigenvalue weighted by Crippen LogP contribution is -2.37. The maximum atomic E-state index is 13.1. The van der Waals surface area contributed by atoms with Gasteiger partial charge >= 0.3 is 0 Å². The molecule has 1 fully saturated rings. The molecule has 0 spiro atoms. The second kappa shape index (κ2) is 8.08. The molecule has 5 nitrogen and oxygen atoms in total. The van der Waals surface area contributed by atoms with E-state index in [4.69, 9.17) is 0 Å². The molecule has 144 valence electrons. The zero-order valence-electron chi connectivity index (χ0n) is 15.2. The molecule has 0 bridgehead atoms. The molecule has 1 amide bonds. The first-order valence-corrected chi connectivity index (χ1v) is 10.7. The number of amides is 1. The van der Waals surface area contributed by atoms with Crippen LogP contribution in [0.2, 0.25) is 0 Å². The highest BCUT2D eigenvalue weighted by Crippen LogP contribution is 2.26. The summed E-state index contributed by atoms with van der Waals surface area (Å²) in [7, 11) is -3.25. The van der Waals surface area contributed by atoms with Crippen molar-refractivity contribution in [1.82, 2.24) is 0 Å². The SMILES string of the molecule is CCC(C(=O)Nc1ccc(N2CCCCS2(=O)=O)cc1)c1ccc(F)cc1. The zero-order valence-corrected chi connectivity index (χ0v) is 16.0. The van der Waals surface area contributed by atoms with Gasteiger partial charge in [0.05, 0.1) is 17.4 Å². The summed E-state index contributed by atoms with van der Waals surface area (Å²) in [6, 6.07) is 12.7. The van der Waals surface area contributed by atoms with E-state index in [9.17, 15) is 17.6 Å². The standard InChI is InChI=1S/C20H23FN2O3S/c1-2-19(15-5-7-16(21)8-6-15)20(24)22-17-9-11-18(12-10-17)23-13-3-4-14-27(23,25)26/h5-12,19H,2-4,13-14H2,1H3,(H,22,24). The van der Waals surface area contributed by atoms with Crippen LogP contribution in [0.25, 0.3) is 0 Å². The van der Waals surface area contributed by atoms with Crippen LogP contribution in [-0.2, 0) is 14.8 Å². The molecule has 0 aromatic heterocycles. The first-order chi connectivity index (χ1) is 12.9. The monoisotopic (exact) mass is 390 g/mol. The molecule has 1 aliphatic rings. The van der Waals surface area contributed by atoms with Crippen molar-refractivity contribution in [3.63, 3.8) is 0 Å². The molecule has 1 N–H and O–H groups in total. The average Bonchev–Trinajstić information content (AvgIpc) is 2.64. The number of hydrogen-bond donors (Lipinski definition) is 1. The van der Waals surface area contributed by atoms with Crippen LogP contribution in [-0.4, -0.2) is 26.6 Å². The van der Waals surface area contributed by atoms with Crippen LogP contribution in [0.5, 0.6) is 0 Å². The quantitative estimate of drug-likeness (QED) is 0.842. The van der Waals surface area contributed by atoms with Crippen LogP contribution in [0.15, 0.2) is 48.5 Å². The van der Waals surface area contributed by atoms with Crippen LogP contribution in [0.4, 0.5) is 15.8 Å². The number of anilines is 2. The highest BCUT2D eigenvalue weighted by Gasteiger charge is 2.26. The number of benzene rings is 2. The first-order valence-electron chi connectivity index (χ1n) is 9.07. The minimum Gasteiger partial charge on any atom is -0.326 e. The Morgan fingerprint density at radius 1 is 1.11 bits per heavy atom. The Morgan fingerprint density at radius 3 is 2.37 bits per heavy atom. The lowest BCUT2D eigenvalue weighted by atomic mass is 9.95. The van der Waals surface area contributed by atoms with Crippen molar-refractivity contribution >= 4 is 27.3 Å². The van der Waals surface area contributed by atoms with Gasteiger partial charge < -0.3 is 5.32 Å². The maximum absolute atomic E-state index is 13.1. The van der Waals surface area contributed by atoms with Gasteiger partial charge in [-0.05, 0) is 61.2 Å². The van der Waals surface area contributed by atoms with Crippen molar-refractivity contribution in [2.45, 2.75) is 32.1 Å². The van der Waals surface area contributed by atoms with Crippen LogP contribution < -0.4 is 9.62 Å². The number of halogens is 1. The Labute approximate surface area is 159 Å². The summed E-state index contributed by atoms with van der Waals surface area (Å²) in [5, 5.41) is 2.86. The summed E-state index contributed by atoms with van der Waals surface area (Å²) in [6.07, 6.45) is 2.11. The number of sulfonamides is 1. The Kier molecular flexibility index (Phi) is 5.79. The van der Waals surface area contributed by atoms with Gasteiger partial charge in [-0.2, -0.15) is 0 Å². The summed E-state index contributed by atoms with van der Waals surface area (Å²) < 4.78 is 38.9. The van der Waals surface area contributed by atoms with Crippen LogP contribution in [0.3, 0.4) is 0 Å². The van der Waals surface area contributed by atoms with E-state index < -0.39 is 10.0 Å². The van der Waals surface area contributed by atoms with Gasteiger partial charge in [0.25, 0.3) is 0 Å². The van der Waals surface area contributed by atoms with E-state index >= 15 is 0 Å². The molecular weight excluding hydrogens is 367 g/mol. The molecule has 0 aliphatic carbocycles. The lowest BCUT2D eigenvalue weighted by Gasteiger charge is -2.28. The van der Waals surface area contributed by atoms with Gasteiger partial charge in [-0.1, -0.05) is 19.1 Å². The molecule has 1 atom stereocenters. The van der Waals surface area contributed by atoms with E-state index in [-0.39, 0.29) is 23.4 Å². The predicted molar refractivity (Wildman–Crippen MR) is 105 cm³/mol. The number of nitrogens with one attached hydrogen (secondary N) is 1. The summed E-state index contributed by atoms with van der Waals surface area (Å²) in [6.45, 7) is 2.38. The summed E-state index contributed by atoms with van der Waals surface area (Å²) in [5.41, 5.74) is 1.96. The Morgan fingerprint density at radius 2 is 1.78 bits per heavy atom. The van der Waals surface area contributed by atoms with E-state index in [2.05, 4.69) is 5.32 Å². The van der Waals surface area contributed by atoms with Crippen LogP contribution in [0, 0.1) is 5.82 Å². The molecule has 27 heavy (non-hydrogen) atoms. The lowest BCUT2D eigenvalue weighted by molar-refractivity contribution is -0.117. The number of carbonyl (C=O) groups is 1. The molecular formula is C20H23FN2O3S. The van der Waals surface area contributed by atoms with Crippen LogP contribution in [0.1, 0.15) is 37.7 Å². The minimum atomic E-state index is -3.25. The summed E-state index contributed by atoms with van der Waals surface area (Å²) in [5.74, 6) is -0.728. The topological polar surface area (TPSA) is 66.5 Å². The summed E-state index contributed by atoms with van der Waals surface area (Å²) in [4.78, 5) is 12.6. The number of nitrogens with zero attached hydrogens (tertiary/aromatic N) is 1. The molecule has 2 aromatic carbocycles. The molecule has 7 heteroatoms. The van der Waals surface area contributed by atoms with E-state index in [1.54, 1.807) is 36.4 Å². The molecule has 0 saturated carbocycles. The Balaban J connectivity index is 1.72. The average molecular weight is 390 g/mol. The highest BCUT2D eigenvalue weighted by molar-refractivity contribution is 7.92. The van der Waals surface area contributed by atoms with E-state index in [0.717, 1.165) is 12.0 Å². The third-order valence-electron chi connectivity index (χ3n) is 4.77. The largest absolute Gasteiger partial charge is 0.326 e. The van der Waals surface area contributed by atoms with Gasteiger partial charge in [-0.15, -0.1) is 0 Å². The Bertz CT molecular complexity index is 896. The molecule has 0 radical (unpaired) electrons. The number of rotatable bonds is 5. The second-order valence-corrected chi connectivity index (χ2v) is 8.66. The fourth-order valence-corrected chi connectivity index (χ4v) is 4.93. The fraction of sp³-hybridized carbons (Fsp3) is 0.350. The van der Waals surface area contributed by atoms with E-state index in [1.807, 2.05) is 6.92 Å². The molecule has 2 aromatic rings. The van der Waals surface area contributed by atoms with Crippen molar-refractivity contribution in [3.05, 3.63) is 59.9 Å². The molecule has 3 rings (SSSR count). The smallest absolute Gasteiger partial charge is 0.235 e. The third kappa shape index (κ3) is 4.47. The third-order valence-corrected chi connectivity index (χ3v) is 6.64. The number of hydrogen-bond acceptors (Lipinski definition) is 3. The fourth-order valence-electron chi connectivity index (χ4n) is 3.29. The highest BCUT2D eigenvalue weighted by atomic mass is 32.2. The van der Waals surface area contributed by atoms with Gasteiger partial charge in [0.2, 0.25) is 15.9 Å². The van der Waals surface area contributed by atoms with E-state index in [1.165, 1.54) is 16.4 Å². The van der Waals surface area contributed by atoms with E-state index in [0.29, 0.717) is 30.8 Å². The van der Waals surface area contributed by atoms with Crippen molar-refractivity contribution in [1.29, 1.82) is 0 Å². The van der Waals surface area contributed by atoms with Gasteiger partial charge in [-0.25, -0.2) is 12.8 Å². The first kappa shape index (κ1) is 19.4. The minimum absolute atomic E-state index is 0.168. The van der Waals surface area contributed by atoms with Gasteiger partial charge in [0.15, 0.2) is 0 Å². The number of carbonyl (C=O) groups excluding carboxylic acids is 1.